The van der Waals surface area contributed by atoms with Gasteiger partial charge in [0.1, 0.15) is 0 Å². The maximum atomic E-state index is 11.8. The molecule has 3 N–H and O–H groups in total. The fraction of sp³-hybridized carbons (Fsp3) is 0.200. The number of nitrogens with zero attached hydrogens (tertiary/aromatic N) is 1. The summed E-state index contributed by atoms with van der Waals surface area (Å²) in [4.78, 5) is 17.0. The van der Waals surface area contributed by atoms with Crippen molar-refractivity contribution in [1.82, 2.24) is 4.98 Å². The number of rotatable bonds is 6. The summed E-state index contributed by atoms with van der Waals surface area (Å²) in [6.45, 7) is 0. The van der Waals surface area contributed by atoms with Crippen LogP contribution in [0.2, 0.25) is 5.02 Å². The number of nitrogens with one attached hydrogen (secondary N) is 1. The van der Waals surface area contributed by atoms with Crippen LogP contribution in [0.4, 0.5) is 11.4 Å². The molecule has 0 atom stereocenters. The molecule has 21 heavy (non-hydrogen) atoms. The monoisotopic (exact) mass is 321 g/mol. The molecule has 0 spiro atoms. The summed E-state index contributed by atoms with van der Waals surface area (Å²) in [5, 5.41) is 3.24. The smallest absolute Gasteiger partial charge is 0.224 e. The molecule has 0 saturated carbocycles. The Kier molecular flexibility index (Phi) is 5.90. The SMILES string of the molecule is Nc1ccc(NC(=O)CCCSc2ccncc2)c(Cl)c1. The number of hydrogen-bond donors (Lipinski definition) is 2. The van der Waals surface area contributed by atoms with Crippen LogP contribution >= 0.6 is 23.4 Å². The second kappa shape index (κ2) is 7.90. The van der Waals surface area contributed by atoms with E-state index >= 15 is 0 Å². The highest BCUT2D eigenvalue weighted by atomic mass is 35.5. The molecule has 0 bridgehead atoms. The van der Waals surface area contributed by atoms with Gasteiger partial charge in [-0.1, -0.05) is 11.6 Å². The molecular formula is C15H16ClN3OS. The minimum absolute atomic E-state index is 0.0444. The van der Waals surface area contributed by atoms with Crippen molar-refractivity contribution in [2.75, 3.05) is 16.8 Å². The summed E-state index contributed by atoms with van der Waals surface area (Å²) in [6.07, 6.45) is 4.78. The van der Waals surface area contributed by atoms with Crippen LogP contribution in [0.3, 0.4) is 0 Å². The second-order valence-electron chi connectivity index (χ2n) is 4.42. The first kappa shape index (κ1) is 15.7. The van der Waals surface area contributed by atoms with E-state index in [2.05, 4.69) is 10.3 Å². The summed E-state index contributed by atoms with van der Waals surface area (Å²) >= 11 is 7.72. The molecule has 0 unspecified atom stereocenters. The Balaban J connectivity index is 1.72. The number of benzene rings is 1. The summed E-state index contributed by atoms with van der Waals surface area (Å²) in [7, 11) is 0. The highest BCUT2D eigenvalue weighted by Gasteiger charge is 2.06. The molecule has 1 heterocycles. The van der Waals surface area contributed by atoms with Crippen LogP contribution in [-0.4, -0.2) is 16.6 Å². The Morgan fingerprint density at radius 1 is 1.29 bits per heavy atom. The lowest BCUT2D eigenvalue weighted by Crippen LogP contribution is -2.11. The number of thioether (sulfide) groups is 1. The van der Waals surface area contributed by atoms with Crippen molar-refractivity contribution in [1.29, 1.82) is 0 Å². The molecule has 0 aliphatic carbocycles. The number of pyridine rings is 1. The van der Waals surface area contributed by atoms with Gasteiger partial charge in [0.05, 0.1) is 10.7 Å². The van der Waals surface area contributed by atoms with Crippen LogP contribution in [0.25, 0.3) is 0 Å². The molecule has 0 aliphatic heterocycles. The maximum absolute atomic E-state index is 11.8. The molecule has 0 fully saturated rings. The average Bonchev–Trinajstić information content (AvgIpc) is 2.48. The zero-order valence-corrected chi connectivity index (χ0v) is 13.0. The van der Waals surface area contributed by atoms with Crippen LogP contribution in [0.15, 0.2) is 47.6 Å². The van der Waals surface area contributed by atoms with Gasteiger partial charge in [-0.05, 0) is 42.5 Å². The van der Waals surface area contributed by atoms with Crippen LogP contribution in [0.5, 0.6) is 0 Å². The number of nitrogens with two attached hydrogens (primary N) is 1. The van der Waals surface area contributed by atoms with Crippen molar-refractivity contribution in [2.24, 2.45) is 0 Å². The largest absolute Gasteiger partial charge is 0.399 e. The fourth-order valence-electron chi connectivity index (χ4n) is 1.70. The fourth-order valence-corrected chi connectivity index (χ4v) is 2.78. The van der Waals surface area contributed by atoms with Gasteiger partial charge in [0.15, 0.2) is 0 Å². The van der Waals surface area contributed by atoms with Gasteiger partial charge in [-0.25, -0.2) is 0 Å². The first-order valence-corrected chi connectivity index (χ1v) is 7.89. The topological polar surface area (TPSA) is 68.0 Å². The van der Waals surface area contributed by atoms with Gasteiger partial charge < -0.3 is 11.1 Å². The summed E-state index contributed by atoms with van der Waals surface area (Å²) < 4.78 is 0. The predicted molar refractivity (Wildman–Crippen MR) is 88.7 cm³/mol. The van der Waals surface area contributed by atoms with E-state index < -0.39 is 0 Å². The molecule has 1 aromatic carbocycles. The average molecular weight is 322 g/mol. The third-order valence-electron chi connectivity index (χ3n) is 2.73. The highest BCUT2D eigenvalue weighted by Crippen LogP contribution is 2.24. The van der Waals surface area contributed by atoms with Crippen molar-refractivity contribution in [3.05, 3.63) is 47.7 Å². The molecular weight excluding hydrogens is 306 g/mol. The number of anilines is 2. The normalized spacial score (nSPS) is 10.3. The molecule has 1 aromatic heterocycles. The van der Waals surface area contributed by atoms with Crippen molar-refractivity contribution in [3.63, 3.8) is 0 Å². The molecule has 2 aromatic rings. The third kappa shape index (κ3) is 5.28. The zero-order chi connectivity index (χ0) is 15.1. The summed E-state index contributed by atoms with van der Waals surface area (Å²) in [6, 6.07) is 8.95. The first-order chi connectivity index (χ1) is 10.1. The number of carbonyl (C=O) groups is 1. The molecule has 0 saturated heterocycles. The Labute approximate surface area is 133 Å². The molecule has 6 heteroatoms. The third-order valence-corrected chi connectivity index (χ3v) is 4.14. The van der Waals surface area contributed by atoms with Gasteiger partial charge in [-0.15, -0.1) is 11.8 Å². The van der Waals surface area contributed by atoms with Crippen LogP contribution in [0, 0.1) is 0 Å². The quantitative estimate of drug-likeness (QED) is 0.482. The minimum Gasteiger partial charge on any atom is -0.399 e. The highest BCUT2D eigenvalue weighted by molar-refractivity contribution is 7.99. The van der Waals surface area contributed by atoms with Gasteiger partial charge in [0.2, 0.25) is 5.91 Å². The van der Waals surface area contributed by atoms with E-state index in [1.807, 2.05) is 12.1 Å². The van der Waals surface area contributed by atoms with Gasteiger partial charge in [0, 0.05) is 29.4 Å². The van der Waals surface area contributed by atoms with Gasteiger partial charge in [-0.2, -0.15) is 0 Å². The second-order valence-corrected chi connectivity index (χ2v) is 6.00. The van der Waals surface area contributed by atoms with E-state index in [0.29, 0.717) is 22.8 Å². The number of amides is 1. The molecule has 0 aliphatic rings. The number of nitrogen functional groups attached to an aromatic ring is 1. The van der Waals surface area contributed by atoms with Crippen molar-refractivity contribution < 1.29 is 4.79 Å². The standard InChI is InChI=1S/C15H16ClN3OS/c16-13-10-11(17)3-4-14(13)19-15(20)2-1-9-21-12-5-7-18-8-6-12/h3-8,10H,1-2,9,17H2,(H,19,20). The van der Waals surface area contributed by atoms with E-state index in [0.717, 1.165) is 17.1 Å². The number of carbonyl (C=O) groups excluding carboxylic acids is 1. The van der Waals surface area contributed by atoms with Crippen molar-refractivity contribution >= 4 is 40.6 Å². The number of hydrogen-bond acceptors (Lipinski definition) is 4. The van der Waals surface area contributed by atoms with E-state index in [-0.39, 0.29) is 5.91 Å². The molecule has 4 nitrogen and oxygen atoms in total. The minimum atomic E-state index is -0.0444. The van der Waals surface area contributed by atoms with Gasteiger partial charge in [-0.3, -0.25) is 9.78 Å². The van der Waals surface area contributed by atoms with E-state index in [4.69, 9.17) is 17.3 Å². The van der Waals surface area contributed by atoms with Crippen molar-refractivity contribution in [3.8, 4) is 0 Å². The van der Waals surface area contributed by atoms with Crippen LogP contribution in [0.1, 0.15) is 12.8 Å². The van der Waals surface area contributed by atoms with E-state index in [1.165, 1.54) is 0 Å². The van der Waals surface area contributed by atoms with Gasteiger partial charge >= 0.3 is 0 Å². The Morgan fingerprint density at radius 2 is 2.05 bits per heavy atom. The van der Waals surface area contributed by atoms with E-state index in [1.54, 1.807) is 42.4 Å². The molecule has 1 amide bonds. The maximum Gasteiger partial charge on any atom is 0.224 e. The Morgan fingerprint density at radius 3 is 2.76 bits per heavy atom. The molecule has 0 radical (unpaired) electrons. The van der Waals surface area contributed by atoms with Crippen LogP contribution in [-0.2, 0) is 4.79 Å². The first-order valence-electron chi connectivity index (χ1n) is 6.53. The number of halogens is 1. The lowest BCUT2D eigenvalue weighted by molar-refractivity contribution is -0.116. The molecule has 2 rings (SSSR count). The Hall–Kier alpha value is -1.72. The number of aromatic nitrogens is 1. The Bertz CT molecular complexity index is 607. The molecule has 110 valence electrons. The van der Waals surface area contributed by atoms with Crippen molar-refractivity contribution in [2.45, 2.75) is 17.7 Å². The van der Waals surface area contributed by atoms with Crippen LogP contribution < -0.4 is 11.1 Å². The zero-order valence-electron chi connectivity index (χ0n) is 11.4. The van der Waals surface area contributed by atoms with E-state index in [9.17, 15) is 4.79 Å². The lowest BCUT2D eigenvalue weighted by atomic mass is 10.2. The summed E-state index contributed by atoms with van der Waals surface area (Å²) in [5.41, 5.74) is 6.78. The summed E-state index contributed by atoms with van der Waals surface area (Å²) in [5.74, 6) is 0.837. The predicted octanol–water partition coefficient (Wildman–Crippen LogP) is 3.83. The lowest BCUT2D eigenvalue weighted by Gasteiger charge is -2.07. The van der Waals surface area contributed by atoms with Gasteiger partial charge in [0.25, 0.3) is 0 Å².